The first-order chi connectivity index (χ1) is 15.0. The molecule has 5 aromatic rings. The third-order valence-electron chi connectivity index (χ3n) is 4.83. The van der Waals surface area contributed by atoms with Gasteiger partial charge < -0.3 is 9.15 Å². The van der Waals surface area contributed by atoms with E-state index in [1.54, 1.807) is 25.3 Å². The number of methoxy groups -OCH3 is 1. The molecule has 3 aromatic heterocycles. The predicted molar refractivity (Wildman–Crippen MR) is 121 cm³/mol. The maximum absolute atomic E-state index is 6.24. The van der Waals surface area contributed by atoms with Crippen LogP contribution in [0.2, 0.25) is 10.0 Å². The van der Waals surface area contributed by atoms with Gasteiger partial charge in [0.1, 0.15) is 5.75 Å². The monoisotopic (exact) mass is 471 g/mol. The van der Waals surface area contributed by atoms with E-state index < -0.39 is 0 Å². The molecule has 3 heterocycles. The summed E-state index contributed by atoms with van der Waals surface area (Å²) in [6.07, 6.45) is 0. The average molecular weight is 472 g/mol. The van der Waals surface area contributed by atoms with Gasteiger partial charge in [0.05, 0.1) is 29.0 Å². The molecule has 0 aliphatic rings. The number of halogens is 2. The molecule has 0 unspecified atom stereocenters. The second-order valence-electron chi connectivity index (χ2n) is 6.80. The van der Waals surface area contributed by atoms with Crippen molar-refractivity contribution in [2.45, 2.75) is 17.8 Å². The summed E-state index contributed by atoms with van der Waals surface area (Å²) in [6.45, 7) is 2.05. The lowest BCUT2D eigenvalue weighted by atomic mass is 10.1. The van der Waals surface area contributed by atoms with Crippen molar-refractivity contribution < 1.29 is 9.15 Å². The first-order valence-corrected chi connectivity index (χ1v) is 11.0. The van der Waals surface area contributed by atoms with Crippen LogP contribution in [0.4, 0.5) is 0 Å². The van der Waals surface area contributed by atoms with Gasteiger partial charge in [-0.3, -0.25) is 4.40 Å². The second kappa shape index (κ2) is 8.03. The van der Waals surface area contributed by atoms with Gasteiger partial charge in [0.25, 0.3) is 0 Å². The first kappa shape index (κ1) is 20.1. The van der Waals surface area contributed by atoms with E-state index in [9.17, 15) is 0 Å². The topological polar surface area (TPSA) is 78.3 Å². The minimum absolute atomic E-state index is 0.342. The number of aromatic nitrogens is 5. The number of rotatable bonds is 5. The highest BCUT2D eigenvalue weighted by Gasteiger charge is 2.16. The van der Waals surface area contributed by atoms with Gasteiger partial charge in [-0.15, -0.1) is 20.4 Å². The Bertz CT molecular complexity index is 1430. The molecule has 31 heavy (non-hydrogen) atoms. The number of pyridine rings is 1. The molecule has 0 N–H and O–H groups in total. The van der Waals surface area contributed by atoms with E-state index in [4.69, 9.17) is 32.4 Å². The largest absolute Gasteiger partial charge is 0.497 e. The summed E-state index contributed by atoms with van der Waals surface area (Å²) in [5, 5.41) is 19.7. The Morgan fingerprint density at radius 2 is 1.90 bits per heavy atom. The SMILES string of the molecule is COc1ccc2c(C)cc3nnc(SCc4nnc(-c5ccc(Cl)cc5Cl)o4)n3c2c1. The summed E-state index contributed by atoms with van der Waals surface area (Å²) in [5.74, 6) is 2.00. The minimum atomic E-state index is 0.342. The summed E-state index contributed by atoms with van der Waals surface area (Å²) in [6, 6.07) is 13.1. The number of fused-ring (bicyclic) bond motifs is 3. The fourth-order valence-electron chi connectivity index (χ4n) is 3.33. The molecule has 156 valence electrons. The van der Waals surface area contributed by atoms with Crippen molar-refractivity contribution in [2.24, 2.45) is 0 Å². The molecular weight excluding hydrogens is 457 g/mol. The van der Waals surface area contributed by atoms with Crippen LogP contribution in [0.15, 0.2) is 52.0 Å². The highest BCUT2D eigenvalue weighted by Crippen LogP contribution is 2.32. The highest BCUT2D eigenvalue weighted by molar-refractivity contribution is 7.98. The molecule has 10 heteroatoms. The fourth-order valence-corrected chi connectivity index (χ4v) is 4.61. The number of nitrogens with zero attached hydrogens (tertiary/aromatic N) is 5. The van der Waals surface area contributed by atoms with Crippen LogP contribution in [0.3, 0.4) is 0 Å². The Balaban J connectivity index is 1.47. The van der Waals surface area contributed by atoms with Crippen molar-refractivity contribution in [3.63, 3.8) is 0 Å². The van der Waals surface area contributed by atoms with Crippen LogP contribution >= 0.6 is 35.0 Å². The van der Waals surface area contributed by atoms with Crippen LogP contribution < -0.4 is 4.74 Å². The normalized spacial score (nSPS) is 11.5. The summed E-state index contributed by atoms with van der Waals surface area (Å²) in [7, 11) is 1.65. The Hall–Kier alpha value is -2.81. The Morgan fingerprint density at radius 1 is 1.03 bits per heavy atom. The lowest BCUT2D eigenvalue weighted by Gasteiger charge is -2.09. The minimum Gasteiger partial charge on any atom is -0.497 e. The maximum atomic E-state index is 6.24. The molecule has 0 aliphatic heterocycles. The van der Waals surface area contributed by atoms with E-state index in [0.717, 1.165) is 33.0 Å². The Labute approximate surface area is 191 Å². The third kappa shape index (κ3) is 3.71. The average Bonchev–Trinajstić information content (AvgIpc) is 3.39. The summed E-state index contributed by atoms with van der Waals surface area (Å²) in [4.78, 5) is 0. The smallest absolute Gasteiger partial charge is 0.249 e. The molecule has 0 spiro atoms. The Kier molecular flexibility index (Phi) is 5.21. The molecule has 0 fully saturated rings. The van der Waals surface area contributed by atoms with E-state index in [1.165, 1.54) is 11.8 Å². The van der Waals surface area contributed by atoms with Crippen molar-refractivity contribution in [1.29, 1.82) is 0 Å². The molecule has 0 aliphatic carbocycles. The molecule has 0 saturated carbocycles. The van der Waals surface area contributed by atoms with Crippen molar-refractivity contribution >= 4 is 51.5 Å². The zero-order chi connectivity index (χ0) is 21.5. The summed E-state index contributed by atoms with van der Waals surface area (Å²) in [5.41, 5.74) is 3.49. The van der Waals surface area contributed by atoms with Crippen molar-refractivity contribution in [3.05, 3.63) is 64.0 Å². The zero-order valence-corrected chi connectivity index (χ0v) is 18.8. The lowest BCUT2D eigenvalue weighted by Crippen LogP contribution is -1.95. The van der Waals surface area contributed by atoms with Crippen LogP contribution in [-0.2, 0) is 5.75 Å². The first-order valence-electron chi connectivity index (χ1n) is 9.26. The predicted octanol–water partition coefficient (Wildman–Crippen LogP) is 5.85. The molecule has 0 atom stereocenters. The number of aryl methyl sites for hydroxylation is 1. The van der Waals surface area contributed by atoms with Gasteiger partial charge in [-0.2, -0.15) is 0 Å². The van der Waals surface area contributed by atoms with Crippen LogP contribution in [-0.4, -0.2) is 31.9 Å². The molecule has 2 aromatic carbocycles. The molecule has 0 bridgehead atoms. The van der Waals surface area contributed by atoms with Gasteiger partial charge in [-0.05, 0) is 48.9 Å². The maximum Gasteiger partial charge on any atom is 0.249 e. The number of hydrogen-bond donors (Lipinski definition) is 0. The quantitative estimate of drug-likeness (QED) is 0.297. The zero-order valence-electron chi connectivity index (χ0n) is 16.5. The number of thioether (sulfide) groups is 1. The fraction of sp³-hybridized carbons (Fsp3) is 0.143. The number of ether oxygens (including phenoxy) is 1. The molecule has 0 radical (unpaired) electrons. The molecule has 7 nitrogen and oxygen atoms in total. The third-order valence-corrected chi connectivity index (χ3v) is 6.29. The van der Waals surface area contributed by atoms with Gasteiger partial charge in [0.2, 0.25) is 11.8 Å². The van der Waals surface area contributed by atoms with Gasteiger partial charge in [0.15, 0.2) is 10.8 Å². The standard InChI is InChI=1S/C21H15Cl2N5O2S/c1-11-7-18-24-27-21(28(18)17-9-13(29-2)4-6-14(11)17)31-10-19-25-26-20(30-19)15-5-3-12(22)8-16(15)23/h3-9H,10H2,1-2H3. The summed E-state index contributed by atoms with van der Waals surface area (Å²) >= 11 is 13.7. The number of hydrogen-bond acceptors (Lipinski definition) is 7. The van der Waals surface area contributed by atoms with Crippen LogP contribution in [0.1, 0.15) is 11.5 Å². The summed E-state index contributed by atoms with van der Waals surface area (Å²) < 4.78 is 13.2. The Morgan fingerprint density at radius 3 is 2.71 bits per heavy atom. The molecule has 0 amide bonds. The van der Waals surface area contributed by atoms with Crippen LogP contribution in [0.5, 0.6) is 5.75 Å². The second-order valence-corrected chi connectivity index (χ2v) is 8.59. The van der Waals surface area contributed by atoms with E-state index in [2.05, 4.69) is 27.3 Å². The van der Waals surface area contributed by atoms with E-state index in [-0.39, 0.29) is 0 Å². The van der Waals surface area contributed by atoms with Gasteiger partial charge in [0, 0.05) is 16.5 Å². The highest BCUT2D eigenvalue weighted by atomic mass is 35.5. The van der Waals surface area contributed by atoms with Crippen LogP contribution in [0.25, 0.3) is 28.0 Å². The molecule has 5 rings (SSSR count). The van der Waals surface area contributed by atoms with E-state index in [1.807, 2.05) is 28.7 Å². The number of benzene rings is 2. The lowest BCUT2D eigenvalue weighted by molar-refractivity contribution is 0.415. The van der Waals surface area contributed by atoms with Gasteiger partial charge in [-0.25, -0.2) is 0 Å². The van der Waals surface area contributed by atoms with Crippen molar-refractivity contribution in [3.8, 4) is 17.2 Å². The van der Waals surface area contributed by atoms with Crippen molar-refractivity contribution in [2.75, 3.05) is 7.11 Å². The van der Waals surface area contributed by atoms with E-state index >= 15 is 0 Å². The van der Waals surface area contributed by atoms with Gasteiger partial charge >= 0.3 is 0 Å². The van der Waals surface area contributed by atoms with E-state index in [0.29, 0.717) is 33.1 Å². The van der Waals surface area contributed by atoms with Gasteiger partial charge in [-0.1, -0.05) is 35.0 Å². The van der Waals surface area contributed by atoms with Crippen LogP contribution in [0, 0.1) is 6.92 Å². The molecule has 0 saturated heterocycles. The molecular formula is C21H15Cl2N5O2S. The van der Waals surface area contributed by atoms with Crippen molar-refractivity contribution in [1.82, 2.24) is 24.8 Å².